The molecule has 5 aromatic rings. The molecule has 0 bridgehead atoms. The van der Waals surface area contributed by atoms with Gasteiger partial charge in [0.05, 0.1) is 22.4 Å². The largest absolute Gasteiger partial charge is 0.431 e. The number of ether oxygens (including phenoxy) is 1. The van der Waals surface area contributed by atoms with Crippen LogP contribution in [0.25, 0.3) is 33.5 Å². The monoisotopic (exact) mass is 473 g/mol. The smallest absolute Gasteiger partial charge is 0.269 e. The molecule has 0 spiro atoms. The fourth-order valence-corrected chi connectivity index (χ4v) is 5.06. The highest BCUT2D eigenvalue weighted by Crippen LogP contribution is 2.34. The van der Waals surface area contributed by atoms with E-state index in [0.717, 1.165) is 45.7 Å². The molecule has 6 rings (SSSR count). The molecule has 4 aromatic carbocycles. The summed E-state index contributed by atoms with van der Waals surface area (Å²) < 4.78 is 6.18. The summed E-state index contributed by atoms with van der Waals surface area (Å²) in [5, 5.41) is 0.443. The number of thiocarbonyl (C=S) groups is 1. The fourth-order valence-electron chi connectivity index (χ4n) is 4.69. The second-order valence-corrected chi connectivity index (χ2v) is 9.07. The lowest BCUT2D eigenvalue weighted by atomic mass is 10.0. The Kier molecular flexibility index (Phi) is 5.47. The summed E-state index contributed by atoms with van der Waals surface area (Å²) in [5.41, 5.74) is 7.72. The molecule has 1 aromatic heterocycles. The topological polar surface area (TPSA) is 38.2 Å². The summed E-state index contributed by atoms with van der Waals surface area (Å²) in [4.78, 5) is 12.1. The number of para-hydroxylation sites is 1. The maximum absolute atomic E-state index is 6.18. The van der Waals surface area contributed by atoms with E-state index in [0.29, 0.717) is 10.9 Å². The van der Waals surface area contributed by atoms with E-state index >= 15 is 0 Å². The number of rotatable bonds is 3. The molecule has 4 nitrogen and oxygen atoms in total. The molecule has 170 valence electrons. The van der Waals surface area contributed by atoms with Gasteiger partial charge in [0.25, 0.3) is 5.17 Å². The van der Waals surface area contributed by atoms with Crippen LogP contribution in [0.1, 0.15) is 12.5 Å². The number of hydrogen-bond donors (Lipinski definition) is 0. The van der Waals surface area contributed by atoms with Gasteiger partial charge in [-0.25, -0.2) is 9.97 Å². The Hall–Kier alpha value is -4.09. The lowest BCUT2D eigenvalue weighted by Gasteiger charge is -2.24. The van der Waals surface area contributed by atoms with Crippen molar-refractivity contribution in [2.45, 2.75) is 19.4 Å². The lowest BCUT2D eigenvalue weighted by molar-refractivity contribution is 0.539. The van der Waals surface area contributed by atoms with E-state index in [9.17, 15) is 0 Å². The maximum atomic E-state index is 6.18. The number of fused-ring (bicyclic) bond motifs is 2. The first kappa shape index (κ1) is 21.4. The third-order valence-electron chi connectivity index (χ3n) is 6.34. The van der Waals surface area contributed by atoms with E-state index in [2.05, 4.69) is 54.3 Å². The zero-order chi connectivity index (χ0) is 23.8. The highest BCUT2D eigenvalue weighted by molar-refractivity contribution is 7.80. The molecular formula is C30H23N3OS. The Morgan fingerprint density at radius 3 is 2.06 bits per heavy atom. The second kappa shape index (κ2) is 8.93. The van der Waals surface area contributed by atoms with E-state index in [1.807, 2.05) is 60.7 Å². The van der Waals surface area contributed by atoms with Crippen molar-refractivity contribution in [1.29, 1.82) is 0 Å². The fraction of sp³-hybridized carbons (Fsp3) is 0.100. The van der Waals surface area contributed by atoms with Gasteiger partial charge in [0.2, 0.25) is 0 Å². The molecule has 0 fully saturated rings. The molecule has 0 N–H and O–H groups in total. The van der Waals surface area contributed by atoms with Gasteiger partial charge in [0.1, 0.15) is 5.75 Å². The van der Waals surface area contributed by atoms with Crippen LogP contribution in [0.3, 0.4) is 0 Å². The minimum absolute atomic E-state index is 0.248. The third kappa shape index (κ3) is 4.04. The van der Waals surface area contributed by atoms with Gasteiger partial charge >= 0.3 is 0 Å². The first-order valence-electron chi connectivity index (χ1n) is 11.7. The van der Waals surface area contributed by atoms with Crippen molar-refractivity contribution in [3.05, 3.63) is 109 Å². The summed E-state index contributed by atoms with van der Waals surface area (Å²) in [5.74, 6) is 0.653. The number of aromatic nitrogens is 2. The van der Waals surface area contributed by atoms with Crippen LogP contribution < -0.4 is 9.64 Å². The predicted octanol–water partition coefficient (Wildman–Crippen LogP) is 7.08. The molecule has 0 radical (unpaired) electrons. The van der Waals surface area contributed by atoms with Crippen LogP contribution in [-0.4, -0.2) is 21.2 Å². The zero-order valence-corrected chi connectivity index (χ0v) is 20.1. The van der Waals surface area contributed by atoms with Crippen molar-refractivity contribution < 1.29 is 4.74 Å². The molecular weight excluding hydrogens is 450 g/mol. The summed E-state index contributed by atoms with van der Waals surface area (Å²) in [6.45, 7) is 2.17. The summed E-state index contributed by atoms with van der Waals surface area (Å²) in [6.07, 6.45) is 0.950. The van der Waals surface area contributed by atoms with Gasteiger partial charge in [0.15, 0.2) is 0 Å². The van der Waals surface area contributed by atoms with Gasteiger partial charge in [-0.3, -0.25) is 4.90 Å². The summed E-state index contributed by atoms with van der Waals surface area (Å²) >= 11 is 5.73. The van der Waals surface area contributed by atoms with Crippen LogP contribution in [0.4, 0.5) is 5.69 Å². The molecule has 1 atom stereocenters. The Bertz CT molecular complexity index is 1540. The minimum Gasteiger partial charge on any atom is -0.431 e. The molecule has 0 amide bonds. The summed E-state index contributed by atoms with van der Waals surface area (Å²) in [7, 11) is 0. The summed E-state index contributed by atoms with van der Waals surface area (Å²) in [6, 6.07) is 34.7. The molecule has 2 heterocycles. The second-order valence-electron chi connectivity index (χ2n) is 8.72. The maximum Gasteiger partial charge on any atom is 0.269 e. The standard InChI is InChI=1S/C30H23N3OS/c1-20-18-23-14-8-9-15-27(23)33(20)30(35)34-24-16-17-25-26(19-24)32-29(22-12-6-3-7-13-22)28(31-25)21-10-4-2-5-11-21/h2-17,19-20H,18H2,1H3/t20-/m1/s1. The van der Waals surface area contributed by atoms with Crippen molar-refractivity contribution in [2.24, 2.45) is 0 Å². The van der Waals surface area contributed by atoms with Gasteiger partial charge in [-0.1, -0.05) is 78.9 Å². The number of nitrogens with zero attached hydrogens (tertiary/aromatic N) is 3. The first-order valence-corrected chi connectivity index (χ1v) is 12.1. The highest BCUT2D eigenvalue weighted by Gasteiger charge is 2.29. The van der Waals surface area contributed by atoms with Crippen LogP contribution in [0, 0.1) is 0 Å². The van der Waals surface area contributed by atoms with Crippen molar-refractivity contribution >= 4 is 34.1 Å². The SMILES string of the molecule is C[C@@H]1Cc2ccccc2N1C(=S)Oc1ccc2nc(-c3ccccc3)c(-c3ccccc3)nc2c1. The highest BCUT2D eigenvalue weighted by atomic mass is 32.1. The normalized spacial score (nSPS) is 14.7. The van der Waals surface area contributed by atoms with Crippen LogP contribution >= 0.6 is 12.2 Å². The Morgan fingerprint density at radius 1 is 0.771 bits per heavy atom. The molecule has 1 aliphatic rings. The Balaban J connectivity index is 1.39. The predicted molar refractivity (Wildman–Crippen MR) is 146 cm³/mol. The Morgan fingerprint density at radius 2 is 1.37 bits per heavy atom. The minimum atomic E-state index is 0.248. The van der Waals surface area contributed by atoms with E-state index in [4.69, 9.17) is 26.9 Å². The number of benzene rings is 4. The molecule has 0 saturated carbocycles. The average molecular weight is 474 g/mol. The first-order chi connectivity index (χ1) is 17.2. The van der Waals surface area contributed by atoms with E-state index < -0.39 is 0 Å². The molecule has 35 heavy (non-hydrogen) atoms. The van der Waals surface area contributed by atoms with E-state index in [1.165, 1.54) is 5.56 Å². The van der Waals surface area contributed by atoms with Gasteiger partial charge in [-0.15, -0.1) is 0 Å². The quantitative estimate of drug-likeness (QED) is 0.262. The van der Waals surface area contributed by atoms with E-state index in [1.54, 1.807) is 0 Å². The lowest BCUT2D eigenvalue weighted by Crippen LogP contribution is -2.37. The van der Waals surface area contributed by atoms with Crippen LogP contribution in [-0.2, 0) is 6.42 Å². The van der Waals surface area contributed by atoms with Crippen molar-refractivity contribution in [3.63, 3.8) is 0 Å². The number of hydrogen-bond acceptors (Lipinski definition) is 4. The van der Waals surface area contributed by atoms with Crippen molar-refractivity contribution in [2.75, 3.05) is 4.90 Å². The molecule has 0 saturated heterocycles. The molecule has 0 unspecified atom stereocenters. The van der Waals surface area contributed by atoms with Crippen LogP contribution in [0.5, 0.6) is 5.75 Å². The number of anilines is 1. The van der Waals surface area contributed by atoms with Crippen molar-refractivity contribution in [3.8, 4) is 28.3 Å². The van der Waals surface area contributed by atoms with E-state index in [-0.39, 0.29) is 6.04 Å². The molecule has 0 aliphatic carbocycles. The van der Waals surface area contributed by atoms with Crippen LogP contribution in [0.15, 0.2) is 103 Å². The van der Waals surface area contributed by atoms with Crippen molar-refractivity contribution in [1.82, 2.24) is 9.97 Å². The van der Waals surface area contributed by atoms with Gasteiger partial charge in [-0.05, 0) is 49.3 Å². The van der Waals surface area contributed by atoms with Gasteiger partial charge in [-0.2, -0.15) is 0 Å². The zero-order valence-electron chi connectivity index (χ0n) is 19.3. The molecule has 1 aliphatic heterocycles. The van der Waals surface area contributed by atoms with Gasteiger partial charge in [0, 0.05) is 28.9 Å². The average Bonchev–Trinajstić information content (AvgIpc) is 3.24. The molecule has 5 heteroatoms. The van der Waals surface area contributed by atoms with Gasteiger partial charge < -0.3 is 4.74 Å². The van der Waals surface area contributed by atoms with Crippen LogP contribution in [0.2, 0.25) is 0 Å². The third-order valence-corrected chi connectivity index (χ3v) is 6.62. The Labute approximate surface area is 209 Å².